The first-order chi connectivity index (χ1) is 10.2. The van der Waals surface area contributed by atoms with Crippen LogP contribution in [0.5, 0.6) is 11.5 Å². The number of rotatable bonds is 5. The van der Waals surface area contributed by atoms with E-state index in [1.807, 2.05) is 0 Å². The second-order valence-corrected chi connectivity index (χ2v) is 5.45. The summed E-state index contributed by atoms with van der Waals surface area (Å²) in [6.07, 6.45) is 7.05. The minimum atomic E-state index is -0.0860. The number of methoxy groups -OCH3 is 1. The third-order valence-electron chi connectivity index (χ3n) is 3.80. The average molecular weight is 292 g/mol. The van der Waals surface area contributed by atoms with Crippen LogP contribution < -0.4 is 20.5 Å². The molecule has 1 aliphatic rings. The summed E-state index contributed by atoms with van der Waals surface area (Å²) < 4.78 is 10.6. The molecule has 1 saturated carbocycles. The molecule has 116 valence electrons. The number of amides is 1. The normalized spacial score (nSPS) is 16.0. The van der Waals surface area contributed by atoms with Crippen molar-refractivity contribution >= 4 is 11.6 Å². The van der Waals surface area contributed by atoms with Crippen molar-refractivity contribution in [3.63, 3.8) is 0 Å². The highest BCUT2D eigenvalue weighted by Crippen LogP contribution is 2.26. The van der Waals surface area contributed by atoms with Crippen LogP contribution in [0.1, 0.15) is 38.5 Å². The van der Waals surface area contributed by atoms with Gasteiger partial charge < -0.3 is 20.5 Å². The zero-order chi connectivity index (χ0) is 15.1. The highest BCUT2D eigenvalue weighted by Gasteiger charge is 2.15. The van der Waals surface area contributed by atoms with E-state index in [2.05, 4.69) is 5.32 Å². The van der Waals surface area contributed by atoms with Gasteiger partial charge in [-0.1, -0.05) is 25.7 Å². The first-order valence-corrected chi connectivity index (χ1v) is 7.54. The SMILES string of the molecule is COc1ccc(OCC(=O)NC2CCCCCC2)c(N)c1. The maximum atomic E-state index is 11.9. The minimum Gasteiger partial charge on any atom is -0.497 e. The number of anilines is 1. The highest BCUT2D eigenvalue weighted by atomic mass is 16.5. The van der Waals surface area contributed by atoms with Gasteiger partial charge in [0.15, 0.2) is 6.61 Å². The predicted molar refractivity (Wildman–Crippen MR) is 82.5 cm³/mol. The van der Waals surface area contributed by atoms with E-state index in [1.54, 1.807) is 25.3 Å². The standard InChI is InChI=1S/C16H24N2O3/c1-20-13-8-9-15(14(17)10-13)21-11-16(19)18-12-6-4-2-3-5-7-12/h8-10,12H,2-7,11,17H2,1H3,(H,18,19). The van der Waals surface area contributed by atoms with Gasteiger partial charge in [0.1, 0.15) is 11.5 Å². The topological polar surface area (TPSA) is 73.6 Å². The quantitative estimate of drug-likeness (QED) is 0.646. The lowest BCUT2D eigenvalue weighted by Crippen LogP contribution is -2.37. The third kappa shape index (κ3) is 4.85. The summed E-state index contributed by atoms with van der Waals surface area (Å²) in [7, 11) is 1.58. The molecular weight excluding hydrogens is 268 g/mol. The molecule has 0 aliphatic heterocycles. The molecule has 0 unspecified atom stereocenters. The van der Waals surface area contributed by atoms with Crippen molar-refractivity contribution in [3.8, 4) is 11.5 Å². The molecule has 0 spiro atoms. The number of ether oxygens (including phenoxy) is 2. The second kappa shape index (κ2) is 7.76. The van der Waals surface area contributed by atoms with Crippen molar-refractivity contribution in [2.45, 2.75) is 44.6 Å². The number of hydrogen-bond acceptors (Lipinski definition) is 4. The van der Waals surface area contributed by atoms with Gasteiger partial charge in [0.2, 0.25) is 0 Å². The van der Waals surface area contributed by atoms with Crippen LogP contribution in [0.4, 0.5) is 5.69 Å². The summed E-state index contributed by atoms with van der Waals surface area (Å²) in [5.41, 5.74) is 6.32. The average Bonchev–Trinajstić information content (AvgIpc) is 2.74. The Morgan fingerprint density at radius 1 is 1.29 bits per heavy atom. The van der Waals surface area contributed by atoms with Crippen molar-refractivity contribution in [1.82, 2.24) is 5.32 Å². The summed E-state index contributed by atoms with van der Waals surface area (Å²) in [4.78, 5) is 11.9. The molecule has 0 radical (unpaired) electrons. The van der Waals surface area contributed by atoms with Gasteiger partial charge in [-0.2, -0.15) is 0 Å². The third-order valence-corrected chi connectivity index (χ3v) is 3.80. The van der Waals surface area contributed by atoms with Gasteiger partial charge in [-0.05, 0) is 25.0 Å². The first kappa shape index (κ1) is 15.5. The van der Waals surface area contributed by atoms with E-state index in [4.69, 9.17) is 15.2 Å². The Hall–Kier alpha value is -1.91. The lowest BCUT2D eigenvalue weighted by Gasteiger charge is -2.16. The maximum Gasteiger partial charge on any atom is 0.258 e. The molecule has 0 heterocycles. The molecule has 21 heavy (non-hydrogen) atoms. The molecule has 0 bridgehead atoms. The lowest BCUT2D eigenvalue weighted by atomic mass is 10.1. The Morgan fingerprint density at radius 3 is 2.62 bits per heavy atom. The van der Waals surface area contributed by atoms with Crippen LogP contribution >= 0.6 is 0 Å². The van der Waals surface area contributed by atoms with Gasteiger partial charge in [0.25, 0.3) is 5.91 Å². The highest BCUT2D eigenvalue weighted by molar-refractivity contribution is 5.78. The van der Waals surface area contributed by atoms with Crippen molar-refractivity contribution in [1.29, 1.82) is 0 Å². The molecule has 1 aliphatic carbocycles. The Morgan fingerprint density at radius 2 is 2.00 bits per heavy atom. The summed E-state index contributed by atoms with van der Waals surface area (Å²) in [5, 5.41) is 3.04. The molecule has 1 aromatic carbocycles. The number of carbonyl (C=O) groups excluding carboxylic acids is 1. The van der Waals surface area contributed by atoms with E-state index < -0.39 is 0 Å². The van der Waals surface area contributed by atoms with E-state index in [9.17, 15) is 4.79 Å². The van der Waals surface area contributed by atoms with Crippen LogP contribution in [0, 0.1) is 0 Å². The minimum absolute atomic E-state index is 0.00692. The Kier molecular flexibility index (Phi) is 5.72. The number of nitrogens with one attached hydrogen (secondary N) is 1. The Bertz CT molecular complexity index is 469. The van der Waals surface area contributed by atoms with Gasteiger partial charge in [-0.15, -0.1) is 0 Å². The van der Waals surface area contributed by atoms with Gasteiger partial charge >= 0.3 is 0 Å². The van der Waals surface area contributed by atoms with Crippen molar-refractivity contribution in [2.24, 2.45) is 0 Å². The van der Waals surface area contributed by atoms with Crippen LogP contribution in [-0.2, 0) is 4.79 Å². The van der Waals surface area contributed by atoms with Crippen LogP contribution in [0.2, 0.25) is 0 Å². The van der Waals surface area contributed by atoms with Gasteiger partial charge in [-0.3, -0.25) is 4.79 Å². The van der Waals surface area contributed by atoms with E-state index in [0.29, 0.717) is 17.2 Å². The number of hydrogen-bond donors (Lipinski definition) is 2. The zero-order valence-electron chi connectivity index (χ0n) is 12.6. The smallest absolute Gasteiger partial charge is 0.258 e. The van der Waals surface area contributed by atoms with Crippen LogP contribution in [-0.4, -0.2) is 25.7 Å². The zero-order valence-corrected chi connectivity index (χ0v) is 12.6. The Balaban J connectivity index is 1.80. The Labute approximate surface area is 125 Å². The van der Waals surface area contributed by atoms with Crippen LogP contribution in [0.25, 0.3) is 0 Å². The maximum absolute atomic E-state index is 11.9. The number of nitrogens with two attached hydrogens (primary N) is 1. The molecule has 5 nitrogen and oxygen atoms in total. The molecule has 0 atom stereocenters. The molecule has 0 saturated heterocycles. The van der Waals surface area contributed by atoms with Gasteiger partial charge in [0.05, 0.1) is 12.8 Å². The predicted octanol–water partition coefficient (Wildman–Crippen LogP) is 2.50. The summed E-state index contributed by atoms with van der Waals surface area (Å²) >= 11 is 0. The fourth-order valence-electron chi connectivity index (χ4n) is 2.62. The van der Waals surface area contributed by atoms with Crippen LogP contribution in [0.3, 0.4) is 0 Å². The molecule has 3 N–H and O–H groups in total. The molecule has 1 amide bonds. The number of carbonyl (C=O) groups is 1. The van der Waals surface area contributed by atoms with E-state index in [-0.39, 0.29) is 18.6 Å². The molecular formula is C16H24N2O3. The molecule has 2 rings (SSSR count). The summed E-state index contributed by atoms with van der Waals surface area (Å²) in [5.74, 6) is 1.09. The van der Waals surface area contributed by atoms with Crippen molar-refractivity contribution < 1.29 is 14.3 Å². The van der Waals surface area contributed by atoms with Crippen molar-refractivity contribution in [2.75, 3.05) is 19.5 Å². The van der Waals surface area contributed by atoms with Gasteiger partial charge in [-0.25, -0.2) is 0 Å². The monoisotopic (exact) mass is 292 g/mol. The second-order valence-electron chi connectivity index (χ2n) is 5.45. The molecule has 5 heteroatoms. The van der Waals surface area contributed by atoms with Crippen molar-refractivity contribution in [3.05, 3.63) is 18.2 Å². The summed E-state index contributed by atoms with van der Waals surface area (Å²) in [6, 6.07) is 5.44. The van der Waals surface area contributed by atoms with Gasteiger partial charge in [0, 0.05) is 12.1 Å². The van der Waals surface area contributed by atoms with E-state index in [1.165, 1.54) is 25.7 Å². The fraction of sp³-hybridized carbons (Fsp3) is 0.562. The summed E-state index contributed by atoms with van der Waals surface area (Å²) in [6.45, 7) is -0.00692. The fourth-order valence-corrected chi connectivity index (χ4v) is 2.62. The lowest BCUT2D eigenvalue weighted by molar-refractivity contribution is -0.123. The van der Waals surface area contributed by atoms with Crippen LogP contribution in [0.15, 0.2) is 18.2 Å². The number of benzene rings is 1. The molecule has 1 aromatic rings. The largest absolute Gasteiger partial charge is 0.497 e. The van der Waals surface area contributed by atoms with E-state index >= 15 is 0 Å². The first-order valence-electron chi connectivity index (χ1n) is 7.54. The molecule has 0 aromatic heterocycles. The number of nitrogen functional groups attached to an aromatic ring is 1. The molecule has 1 fully saturated rings. The van der Waals surface area contributed by atoms with E-state index in [0.717, 1.165) is 12.8 Å².